The first-order valence-electron chi connectivity index (χ1n) is 6.77. The van der Waals surface area contributed by atoms with Crippen molar-refractivity contribution in [2.45, 2.75) is 18.6 Å². The predicted octanol–water partition coefficient (Wildman–Crippen LogP) is 2.08. The van der Waals surface area contributed by atoms with Crippen LogP contribution in [0.2, 0.25) is 0 Å². The number of ether oxygens (including phenoxy) is 1. The lowest BCUT2D eigenvalue weighted by Gasteiger charge is -2.19. The fraction of sp³-hybridized carbons (Fsp3) is 0.235. The lowest BCUT2D eigenvalue weighted by Crippen LogP contribution is -2.28. The van der Waals surface area contributed by atoms with Crippen molar-refractivity contribution >= 4 is 5.97 Å². The van der Waals surface area contributed by atoms with Gasteiger partial charge in [0.25, 0.3) is 0 Å². The van der Waals surface area contributed by atoms with Gasteiger partial charge in [0.1, 0.15) is 0 Å². The predicted molar refractivity (Wildman–Crippen MR) is 80.9 cm³/mol. The number of benzene rings is 2. The SMILES string of the molecule is COC(=O)c1ccc([C@@H](N)[C@@H](O)Cc2ccccc2)cc1. The Kier molecular flexibility index (Phi) is 5.09. The third-order valence-electron chi connectivity index (χ3n) is 3.42. The third-order valence-corrected chi connectivity index (χ3v) is 3.42. The summed E-state index contributed by atoms with van der Waals surface area (Å²) >= 11 is 0. The molecule has 4 heteroatoms. The van der Waals surface area contributed by atoms with Gasteiger partial charge in [0.05, 0.1) is 24.8 Å². The molecular formula is C17H19NO3. The molecule has 3 N–H and O–H groups in total. The van der Waals surface area contributed by atoms with E-state index in [-0.39, 0.29) is 5.97 Å². The molecule has 2 atom stereocenters. The topological polar surface area (TPSA) is 72.5 Å². The second-order valence-corrected chi connectivity index (χ2v) is 4.90. The minimum absolute atomic E-state index is 0.389. The Morgan fingerprint density at radius 3 is 2.33 bits per heavy atom. The van der Waals surface area contributed by atoms with Gasteiger partial charge in [-0.15, -0.1) is 0 Å². The Morgan fingerprint density at radius 1 is 1.14 bits per heavy atom. The van der Waals surface area contributed by atoms with Gasteiger partial charge < -0.3 is 15.6 Å². The number of aliphatic hydroxyl groups excluding tert-OH is 1. The summed E-state index contributed by atoms with van der Waals surface area (Å²) in [7, 11) is 1.34. The van der Waals surface area contributed by atoms with E-state index in [0.717, 1.165) is 11.1 Å². The van der Waals surface area contributed by atoms with Crippen LogP contribution in [-0.4, -0.2) is 24.3 Å². The van der Waals surface area contributed by atoms with Crippen molar-refractivity contribution in [3.8, 4) is 0 Å². The highest BCUT2D eigenvalue weighted by Gasteiger charge is 2.17. The van der Waals surface area contributed by atoms with E-state index in [9.17, 15) is 9.90 Å². The van der Waals surface area contributed by atoms with Gasteiger partial charge in [-0.05, 0) is 23.3 Å². The van der Waals surface area contributed by atoms with Crippen molar-refractivity contribution in [1.29, 1.82) is 0 Å². The molecule has 0 radical (unpaired) electrons. The van der Waals surface area contributed by atoms with E-state index >= 15 is 0 Å². The van der Waals surface area contributed by atoms with Crippen molar-refractivity contribution in [3.63, 3.8) is 0 Å². The van der Waals surface area contributed by atoms with E-state index in [2.05, 4.69) is 4.74 Å². The highest BCUT2D eigenvalue weighted by Crippen LogP contribution is 2.18. The number of methoxy groups -OCH3 is 1. The maximum absolute atomic E-state index is 11.4. The Bertz CT molecular complexity index is 581. The van der Waals surface area contributed by atoms with Crippen molar-refractivity contribution in [2.75, 3.05) is 7.11 Å². The van der Waals surface area contributed by atoms with Crippen LogP contribution >= 0.6 is 0 Å². The molecule has 0 aliphatic heterocycles. The minimum Gasteiger partial charge on any atom is -0.465 e. The quantitative estimate of drug-likeness (QED) is 0.825. The minimum atomic E-state index is -0.684. The summed E-state index contributed by atoms with van der Waals surface area (Å²) in [5.74, 6) is -0.389. The molecule has 2 aromatic rings. The van der Waals surface area contributed by atoms with Crippen LogP contribution in [0.25, 0.3) is 0 Å². The van der Waals surface area contributed by atoms with E-state index in [4.69, 9.17) is 5.73 Å². The van der Waals surface area contributed by atoms with Crippen molar-refractivity contribution < 1.29 is 14.6 Å². The monoisotopic (exact) mass is 285 g/mol. The van der Waals surface area contributed by atoms with Crippen LogP contribution in [0.4, 0.5) is 0 Å². The van der Waals surface area contributed by atoms with E-state index in [1.807, 2.05) is 30.3 Å². The first kappa shape index (κ1) is 15.2. The van der Waals surface area contributed by atoms with Gasteiger partial charge in [-0.25, -0.2) is 4.79 Å². The number of nitrogens with two attached hydrogens (primary N) is 1. The number of carbonyl (C=O) groups is 1. The van der Waals surface area contributed by atoms with Crippen LogP contribution in [0.5, 0.6) is 0 Å². The first-order chi connectivity index (χ1) is 10.1. The molecule has 4 nitrogen and oxygen atoms in total. The molecule has 0 saturated carbocycles. The Morgan fingerprint density at radius 2 is 1.76 bits per heavy atom. The number of esters is 1. The average molecular weight is 285 g/mol. The highest BCUT2D eigenvalue weighted by atomic mass is 16.5. The average Bonchev–Trinajstić information content (AvgIpc) is 2.54. The molecule has 0 amide bonds. The van der Waals surface area contributed by atoms with Crippen LogP contribution in [-0.2, 0) is 11.2 Å². The summed E-state index contributed by atoms with van der Waals surface area (Å²) in [6, 6.07) is 16.0. The van der Waals surface area contributed by atoms with Crippen LogP contribution < -0.4 is 5.73 Å². The van der Waals surface area contributed by atoms with Gasteiger partial charge >= 0.3 is 5.97 Å². The normalized spacial score (nSPS) is 13.5. The Balaban J connectivity index is 2.05. The van der Waals surface area contributed by atoms with E-state index in [1.165, 1.54) is 7.11 Å². The third kappa shape index (κ3) is 3.90. The molecule has 2 aromatic carbocycles. The fourth-order valence-electron chi connectivity index (χ4n) is 2.16. The second-order valence-electron chi connectivity index (χ2n) is 4.90. The van der Waals surface area contributed by atoms with Crippen LogP contribution in [0.1, 0.15) is 27.5 Å². The molecule has 0 fully saturated rings. The Labute approximate surface area is 124 Å². The Hall–Kier alpha value is -2.17. The highest BCUT2D eigenvalue weighted by molar-refractivity contribution is 5.89. The summed E-state index contributed by atoms with van der Waals surface area (Å²) in [4.78, 5) is 11.4. The van der Waals surface area contributed by atoms with E-state index in [0.29, 0.717) is 12.0 Å². The lowest BCUT2D eigenvalue weighted by molar-refractivity contribution is 0.0600. The molecule has 0 heterocycles. The zero-order valence-corrected chi connectivity index (χ0v) is 11.9. The van der Waals surface area contributed by atoms with Gasteiger partial charge in [-0.2, -0.15) is 0 Å². The summed E-state index contributed by atoms with van der Waals surface area (Å²) in [6.07, 6.45) is -0.197. The number of carbonyl (C=O) groups excluding carboxylic acids is 1. The summed E-state index contributed by atoms with van der Waals surface area (Å²) < 4.78 is 4.64. The second kappa shape index (κ2) is 7.02. The number of hydrogen-bond acceptors (Lipinski definition) is 4. The molecule has 2 rings (SSSR count). The molecule has 0 unspecified atom stereocenters. The zero-order valence-electron chi connectivity index (χ0n) is 11.9. The van der Waals surface area contributed by atoms with Gasteiger partial charge in [-0.3, -0.25) is 0 Å². The van der Waals surface area contributed by atoms with Gasteiger partial charge in [-0.1, -0.05) is 42.5 Å². The standard InChI is InChI=1S/C17H19NO3/c1-21-17(20)14-9-7-13(8-10-14)16(18)15(19)11-12-5-3-2-4-6-12/h2-10,15-16,19H,11,18H2,1H3/t15-,16+/m0/s1. The van der Waals surface area contributed by atoms with Crippen molar-refractivity contribution in [2.24, 2.45) is 5.73 Å². The van der Waals surface area contributed by atoms with Crippen molar-refractivity contribution in [1.82, 2.24) is 0 Å². The van der Waals surface area contributed by atoms with Gasteiger partial charge in [0.2, 0.25) is 0 Å². The largest absolute Gasteiger partial charge is 0.465 e. The molecule has 110 valence electrons. The molecule has 0 saturated heterocycles. The number of hydrogen-bond donors (Lipinski definition) is 2. The first-order valence-corrected chi connectivity index (χ1v) is 6.77. The van der Waals surface area contributed by atoms with E-state index < -0.39 is 12.1 Å². The number of aliphatic hydroxyl groups is 1. The lowest BCUT2D eigenvalue weighted by atomic mass is 9.96. The molecule has 0 aliphatic rings. The zero-order chi connectivity index (χ0) is 15.2. The maximum Gasteiger partial charge on any atom is 0.337 e. The summed E-state index contributed by atoms with van der Waals surface area (Å²) in [5, 5.41) is 10.2. The maximum atomic E-state index is 11.4. The summed E-state index contributed by atoms with van der Waals surface area (Å²) in [5.41, 5.74) is 8.36. The van der Waals surface area contributed by atoms with Gasteiger partial charge in [0, 0.05) is 6.42 Å². The molecule has 0 aromatic heterocycles. The van der Waals surface area contributed by atoms with Gasteiger partial charge in [0.15, 0.2) is 0 Å². The smallest absolute Gasteiger partial charge is 0.337 e. The fourth-order valence-corrected chi connectivity index (χ4v) is 2.16. The molecule has 0 spiro atoms. The molecular weight excluding hydrogens is 266 g/mol. The van der Waals surface area contributed by atoms with E-state index in [1.54, 1.807) is 24.3 Å². The molecule has 21 heavy (non-hydrogen) atoms. The van der Waals surface area contributed by atoms with Crippen LogP contribution in [0.3, 0.4) is 0 Å². The van der Waals surface area contributed by atoms with Crippen LogP contribution in [0.15, 0.2) is 54.6 Å². The van der Waals surface area contributed by atoms with Crippen LogP contribution in [0, 0.1) is 0 Å². The molecule has 0 aliphatic carbocycles. The molecule has 0 bridgehead atoms. The number of rotatable bonds is 5. The summed E-state index contributed by atoms with van der Waals surface area (Å²) in [6.45, 7) is 0. The van der Waals surface area contributed by atoms with Crippen molar-refractivity contribution in [3.05, 3.63) is 71.3 Å².